The molecule has 0 saturated heterocycles. The van der Waals surface area contributed by atoms with Gasteiger partial charge in [-0.2, -0.15) is 5.10 Å². The number of hydrogen-bond acceptors (Lipinski definition) is 5. The van der Waals surface area contributed by atoms with E-state index >= 15 is 0 Å². The van der Waals surface area contributed by atoms with Crippen molar-refractivity contribution in [1.82, 2.24) is 19.6 Å². The van der Waals surface area contributed by atoms with Crippen molar-refractivity contribution >= 4 is 17.2 Å². The second-order valence-electron chi connectivity index (χ2n) is 5.44. The third kappa shape index (κ3) is 3.25. The highest BCUT2D eigenvalue weighted by molar-refractivity contribution is 7.80. The molecule has 2 heterocycles. The highest BCUT2D eigenvalue weighted by atomic mass is 32.1. The van der Waals surface area contributed by atoms with Crippen LogP contribution in [0.3, 0.4) is 0 Å². The first-order valence-corrected chi connectivity index (χ1v) is 7.51. The van der Waals surface area contributed by atoms with Gasteiger partial charge in [-0.15, -0.1) is 0 Å². The predicted molar refractivity (Wildman–Crippen MR) is 83.8 cm³/mol. The number of thiocarbonyl (C=S) groups is 1. The van der Waals surface area contributed by atoms with Crippen molar-refractivity contribution in [3.63, 3.8) is 0 Å². The third-order valence-electron chi connectivity index (χ3n) is 3.55. The first kappa shape index (κ1) is 15.6. The van der Waals surface area contributed by atoms with Crippen molar-refractivity contribution in [2.24, 2.45) is 0 Å². The van der Waals surface area contributed by atoms with Crippen LogP contribution in [0.4, 0.5) is 0 Å². The fourth-order valence-electron chi connectivity index (χ4n) is 2.66. The first-order chi connectivity index (χ1) is 9.56. The lowest BCUT2D eigenvalue weighted by Crippen LogP contribution is -2.24. The number of methoxy groups -OCH3 is 1. The van der Waals surface area contributed by atoms with Crippen molar-refractivity contribution in [3.8, 4) is 0 Å². The van der Waals surface area contributed by atoms with E-state index in [0.29, 0.717) is 0 Å². The summed E-state index contributed by atoms with van der Waals surface area (Å²) in [5.74, 6) is 0. The largest absolute Gasteiger partial charge is 0.360 e. The van der Waals surface area contributed by atoms with E-state index < -0.39 is 0 Å². The Labute approximate surface area is 126 Å². The van der Waals surface area contributed by atoms with Crippen LogP contribution in [0.25, 0.3) is 0 Å². The summed E-state index contributed by atoms with van der Waals surface area (Å²) in [6.45, 7) is 5.24. The van der Waals surface area contributed by atoms with Gasteiger partial charge in [0, 0.05) is 26.6 Å². The lowest BCUT2D eigenvalue weighted by molar-refractivity contribution is -0.00873. The Bertz CT molecular complexity index is 472. The summed E-state index contributed by atoms with van der Waals surface area (Å²) < 4.78 is 7.44. The zero-order chi connectivity index (χ0) is 14.7. The SMILES string of the molecule is CCCN1CCC(=S)n2nc(C(OC)N(C)C)cc2C1. The highest BCUT2D eigenvalue weighted by Gasteiger charge is 2.23. The van der Waals surface area contributed by atoms with Crippen LogP contribution >= 0.6 is 12.2 Å². The Morgan fingerprint density at radius 3 is 2.85 bits per heavy atom. The van der Waals surface area contributed by atoms with Crippen LogP contribution in [0, 0.1) is 0 Å². The Balaban J connectivity index is 2.28. The molecule has 0 N–H and O–H groups in total. The van der Waals surface area contributed by atoms with E-state index in [1.54, 1.807) is 7.11 Å². The summed E-state index contributed by atoms with van der Waals surface area (Å²) in [6, 6.07) is 2.12. The molecule has 0 radical (unpaired) electrons. The van der Waals surface area contributed by atoms with Gasteiger partial charge in [0.2, 0.25) is 0 Å². The number of fused-ring (bicyclic) bond motifs is 1. The second-order valence-corrected chi connectivity index (χ2v) is 5.92. The lowest BCUT2D eigenvalue weighted by Gasteiger charge is -2.20. The van der Waals surface area contributed by atoms with E-state index in [9.17, 15) is 0 Å². The number of nitrogens with zero attached hydrogens (tertiary/aromatic N) is 4. The molecule has 20 heavy (non-hydrogen) atoms. The molecule has 0 saturated carbocycles. The molecule has 6 heteroatoms. The monoisotopic (exact) mass is 296 g/mol. The molecule has 0 aliphatic carbocycles. The molecule has 0 fully saturated rings. The summed E-state index contributed by atoms with van der Waals surface area (Å²) in [5, 5.41) is 4.66. The standard InChI is InChI=1S/C14H24N4OS/c1-5-7-17-8-6-13(20)18-11(10-17)9-12(15-18)14(19-4)16(2)3/h9,14H,5-8,10H2,1-4H3. The van der Waals surface area contributed by atoms with E-state index in [0.717, 1.165) is 43.2 Å². The molecule has 1 aliphatic heterocycles. The predicted octanol–water partition coefficient (Wildman–Crippen LogP) is 1.88. The van der Waals surface area contributed by atoms with E-state index in [-0.39, 0.29) is 6.23 Å². The molecular formula is C14H24N4OS. The van der Waals surface area contributed by atoms with Crippen LogP contribution in [-0.4, -0.2) is 58.9 Å². The lowest BCUT2D eigenvalue weighted by atomic mass is 10.3. The molecule has 0 spiro atoms. The maximum Gasteiger partial charge on any atom is 0.154 e. The fourth-order valence-corrected chi connectivity index (χ4v) is 2.91. The van der Waals surface area contributed by atoms with Crippen LogP contribution in [-0.2, 0) is 11.3 Å². The Morgan fingerprint density at radius 1 is 1.50 bits per heavy atom. The molecule has 5 nitrogen and oxygen atoms in total. The van der Waals surface area contributed by atoms with E-state index in [2.05, 4.69) is 23.0 Å². The smallest absolute Gasteiger partial charge is 0.154 e. The van der Waals surface area contributed by atoms with Crippen molar-refractivity contribution < 1.29 is 4.74 Å². The zero-order valence-corrected chi connectivity index (χ0v) is 13.6. The molecule has 1 aliphatic rings. The van der Waals surface area contributed by atoms with Gasteiger partial charge in [0.25, 0.3) is 0 Å². The molecule has 2 rings (SSSR count). The van der Waals surface area contributed by atoms with E-state index in [1.165, 1.54) is 5.69 Å². The Kier molecular flexibility index (Phi) is 5.26. The Hall–Kier alpha value is -0.820. The van der Waals surface area contributed by atoms with Gasteiger partial charge < -0.3 is 4.74 Å². The van der Waals surface area contributed by atoms with Crippen molar-refractivity contribution in [3.05, 3.63) is 17.5 Å². The quantitative estimate of drug-likeness (QED) is 0.612. The maximum atomic E-state index is 5.51. The molecule has 1 unspecified atom stereocenters. The highest BCUT2D eigenvalue weighted by Crippen LogP contribution is 2.21. The van der Waals surface area contributed by atoms with Gasteiger partial charge in [-0.25, -0.2) is 4.68 Å². The number of rotatable bonds is 5. The van der Waals surface area contributed by atoms with Gasteiger partial charge in [0.1, 0.15) is 10.7 Å². The minimum atomic E-state index is -0.128. The third-order valence-corrected chi connectivity index (χ3v) is 3.93. The molecule has 1 aromatic rings. The Morgan fingerprint density at radius 2 is 2.25 bits per heavy atom. The van der Waals surface area contributed by atoms with Crippen LogP contribution in [0.1, 0.15) is 37.4 Å². The fraction of sp³-hybridized carbons (Fsp3) is 0.714. The van der Waals surface area contributed by atoms with Crippen molar-refractivity contribution in [2.75, 3.05) is 34.3 Å². The summed E-state index contributed by atoms with van der Waals surface area (Å²) in [5.41, 5.74) is 2.09. The summed E-state index contributed by atoms with van der Waals surface area (Å²) in [6.07, 6.45) is 1.92. The van der Waals surface area contributed by atoms with Crippen molar-refractivity contribution in [2.45, 2.75) is 32.5 Å². The topological polar surface area (TPSA) is 33.5 Å². The van der Waals surface area contributed by atoms with Crippen LogP contribution in [0.5, 0.6) is 0 Å². The van der Waals surface area contributed by atoms with Crippen LogP contribution < -0.4 is 0 Å². The van der Waals surface area contributed by atoms with Gasteiger partial charge in [0.05, 0.1) is 5.69 Å². The first-order valence-electron chi connectivity index (χ1n) is 7.10. The summed E-state index contributed by atoms with van der Waals surface area (Å²) >= 11 is 5.51. The van der Waals surface area contributed by atoms with E-state index in [1.807, 2.05) is 23.7 Å². The van der Waals surface area contributed by atoms with Gasteiger partial charge in [-0.1, -0.05) is 19.1 Å². The molecule has 0 aromatic carbocycles. The molecule has 1 aromatic heterocycles. The minimum absolute atomic E-state index is 0.128. The van der Waals surface area contributed by atoms with Gasteiger partial charge >= 0.3 is 0 Å². The molecular weight excluding hydrogens is 272 g/mol. The van der Waals surface area contributed by atoms with Crippen LogP contribution in [0.15, 0.2) is 6.07 Å². The second kappa shape index (κ2) is 6.76. The molecule has 1 atom stereocenters. The van der Waals surface area contributed by atoms with Gasteiger partial charge in [0.15, 0.2) is 6.23 Å². The molecule has 0 amide bonds. The van der Waals surface area contributed by atoms with Gasteiger partial charge in [-0.05, 0) is 33.1 Å². The van der Waals surface area contributed by atoms with Crippen LogP contribution in [0.2, 0.25) is 0 Å². The molecule has 0 bridgehead atoms. The maximum absolute atomic E-state index is 5.51. The minimum Gasteiger partial charge on any atom is -0.360 e. The van der Waals surface area contributed by atoms with E-state index in [4.69, 9.17) is 17.0 Å². The average Bonchev–Trinajstić information content (AvgIpc) is 2.74. The molecule has 112 valence electrons. The zero-order valence-electron chi connectivity index (χ0n) is 12.8. The number of aromatic nitrogens is 2. The summed E-state index contributed by atoms with van der Waals surface area (Å²) in [7, 11) is 5.68. The number of hydrogen-bond donors (Lipinski definition) is 0. The number of ether oxygens (including phenoxy) is 1. The average molecular weight is 296 g/mol. The van der Waals surface area contributed by atoms with Gasteiger partial charge in [-0.3, -0.25) is 9.80 Å². The summed E-state index contributed by atoms with van der Waals surface area (Å²) in [4.78, 5) is 5.35. The normalized spacial score (nSPS) is 18.1. The van der Waals surface area contributed by atoms with Crippen molar-refractivity contribution in [1.29, 1.82) is 0 Å².